The summed E-state index contributed by atoms with van der Waals surface area (Å²) in [5.74, 6) is -2.39. The smallest absolute Gasteiger partial charge is 0.328 e. The molecule has 0 heterocycles. The molecular weight excluding hydrogens is 286 g/mol. The van der Waals surface area contributed by atoms with Gasteiger partial charge in [-0.25, -0.2) is 4.79 Å². The molecule has 0 saturated carbocycles. The number of aliphatic carboxylic acids is 1. The number of carboxylic acids is 1. The first kappa shape index (κ1) is 17.4. The molecule has 0 spiro atoms. The molecule has 6 heteroatoms. The normalized spacial score (nSPS) is 11.3. The highest BCUT2D eigenvalue weighted by atomic mass is 16.5. The van der Waals surface area contributed by atoms with E-state index in [0.29, 0.717) is 0 Å². The summed E-state index contributed by atoms with van der Waals surface area (Å²) in [5.41, 5.74) is 0.736. The molecule has 0 aliphatic rings. The number of amides is 1. The van der Waals surface area contributed by atoms with Gasteiger partial charge in [-0.2, -0.15) is 0 Å². The number of carboxylic acid groups (broad SMARTS) is 1. The lowest BCUT2D eigenvalue weighted by molar-refractivity contribution is -0.147. The van der Waals surface area contributed by atoms with Crippen LogP contribution in [0.3, 0.4) is 0 Å². The van der Waals surface area contributed by atoms with Crippen LogP contribution in [0.1, 0.15) is 18.9 Å². The van der Waals surface area contributed by atoms with E-state index in [1.807, 2.05) is 30.3 Å². The van der Waals surface area contributed by atoms with Crippen LogP contribution in [0.5, 0.6) is 0 Å². The number of nitrogens with one attached hydrogen (secondary N) is 1. The number of hydrogen-bond donors (Lipinski definition) is 2. The molecule has 0 bridgehead atoms. The number of carbonyl (C=O) groups excluding carboxylic acids is 2. The van der Waals surface area contributed by atoms with Crippen molar-refractivity contribution in [2.24, 2.45) is 0 Å². The van der Waals surface area contributed by atoms with Gasteiger partial charge in [0.25, 0.3) is 0 Å². The molecule has 0 aliphatic heterocycles. The summed E-state index contributed by atoms with van der Waals surface area (Å²) in [6.07, 6.45) is -0.224. The van der Waals surface area contributed by atoms with Gasteiger partial charge in [-0.05, 0) is 12.5 Å². The van der Waals surface area contributed by atoms with Gasteiger partial charge in [0.1, 0.15) is 6.04 Å². The van der Waals surface area contributed by atoms with Crippen molar-refractivity contribution in [3.63, 3.8) is 0 Å². The zero-order valence-corrected chi connectivity index (χ0v) is 12.4. The Balaban J connectivity index is 2.78. The van der Waals surface area contributed by atoms with Gasteiger partial charge in [0.15, 0.2) is 0 Å². The second kappa shape index (κ2) is 8.61. The highest BCUT2D eigenvalue weighted by Crippen LogP contribution is 2.07. The molecule has 1 unspecified atom stereocenters. The van der Waals surface area contributed by atoms with Crippen LogP contribution in [-0.2, 0) is 25.5 Å². The first-order chi connectivity index (χ1) is 10.4. The summed E-state index contributed by atoms with van der Waals surface area (Å²) in [4.78, 5) is 34.4. The van der Waals surface area contributed by atoms with E-state index in [9.17, 15) is 14.4 Å². The van der Waals surface area contributed by atoms with Crippen molar-refractivity contribution in [3.05, 3.63) is 48.0 Å². The van der Waals surface area contributed by atoms with Crippen LogP contribution in [0.25, 0.3) is 0 Å². The molecule has 22 heavy (non-hydrogen) atoms. The van der Waals surface area contributed by atoms with E-state index in [4.69, 9.17) is 9.84 Å². The number of hydrogen-bond acceptors (Lipinski definition) is 4. The second-order valence-corrected chi connectivity index (χ2v) is 4.64. The summed E-state index contributed by atoms with van der Waals surface area (Å²) in [5, 5.41) is 11.1. The Morgan fingerprint density at radius 3 is 2.45 bits per heavy atom. The molecule has 0 aliphatic carbocycles. The Morgan fingerprint density at radius 1 is 1.27 bits per heavy atom. The summed E-state index contributed by atoms with van der Waals surface area (Å²) in [6.45, 7) is 5.28. The van der Waals surface area contributed by atoms with E-state index in [2.05, 4.69) is 11.9 Å². The number of ether oxygens (including phenoxy) is 1. The Labute approximate surface area is 128 Å². The van der Waals surface area contributed by atoms with Crippen LogP contribution in [0.15, 0.2) is 42.5 Å². The Hall–Kier alpha value is -2.63. The Kier molecular flexibility index (Phi) is 6.82. The summed E-state index contributed by atoms with van der Waals surface area (Å²) >= 11 is 0. The second-order valence-electron chi connectivity index (χ2n) is 4.64. The average Bonchev–Trinajstić information content (AvgIpc) is 2.47. The van der Waals surface area contributed by atoms with Crippen LogP contribution in [0.2, 0.25) is 0 Å². The summed E-state index contributed by atoms with van der Waals surface area (Å²) in [7, 11) is 0. The molecular formula is C16H19NO5. The molecule has 118 valence electrons. The van der Waals surface area contributed by atoms with E-state index in [1.165, 1.54) is 0 Å². The van der Waals surface area contributed by atoms with E-state index in [0.717, 1.165) is 5.56 Å². The summed E-state index contributed by atoms with van der Waals surface area (Å²) in [6, 6.07) is 8.25. The predicted octanol–water partition coefficient (Wildman–Crippen LogP) is 1.31. The molecule has 1 aromatic rings. The molecule has 0 saturated heterocycles. The molecule has 1 atom stereocenters. The van der Waals surface area contributed by atoms with E-state index in [-0.39, 0.29) is 18.6 Å². The van der Waals surface area contributed by atoms with Gasteiger partial charge < -0.3 is 15.2 Å². The molecule has 6 nitrogen and oxygen atoms in total. The monoisotopic (exact) mass is 305 g/mol. The standard InChI is InChI=1S/C16H19NO5/c1-3-22-16(21)13(10-12-7-5-4-6-8-12)17-15(20)11(2)9-14(18)19/h4-8,13H,2-3,9-10H2,1H3,(H,17,20)(H,18,19). The van der Waals surface area contributed by atoms with Gasteiger partial charge in [-0.1, -0.05) is 36.9 Å². The third-order valence-corrected chi connectivity index (χ3v) is 2.84. The van der Waals surface area contributed by atoms with Crippen LogP contribution in [0, 0.1) is 0 Å². The number of benzene rings is 1. The molecule has 0 aromatic heterocycles. The van der Waals surface area contributed by atoms with Crippen molar-refractivity contribution >= 4 is 17.8 Å². The van der Waals surface area contributed by atoms with Gasteiger partial charge in [0.05, 0.1) is 13.0 Å². The van der Waals surface area contributed by atoms with Crippen LogP contribution in [-0.4, -0.2) is 35.6 Å². The molecule has 0 radical (unpaired) electrons. The van der Waals surface area contributed by atoms with Gasteiger partial charge in [0, 0.05) is 12.0 Å². The Bertz CT molecular complexity index is 553. The maximum Gasteiger partial charge on any atom is 0.328 e. The van der Waals surface area contributed by atoms with Crippen molar-refractivity contribution in [1.29, 1.82) is 0 Å². The first-order valence-electron chi connectivity index (χ1n) is 6.85. The molecule has 1 rings (SSSR count). The first-order valence-corrected chi connectivity index (χ1v) is 6.85. The fourth-order valence-corrected chi connectivity index (χ4v) is 1.81. The van der Waals surface area contributed by atoms with Gasteiger partial charge in [-0.15, -0.1) is 0 Å². The minimum atomic E-state index is -1.16. The number of rotatable bonds is 8. The van der Waals surface area contributed by atoms with Crippen LogP contribution >= 0.6 is 0 Å². The highest BCUT2D eigenvalue weighted by Gasteiger charge is 2.24. The van der Waals surface area contributed by atoms with E-state index >= 15 is 0 Å². The number of carbonyl (C=O) groups is 3. The third-order valence-electron chi connectivity index (χ3n) is 2.84. The topological polar surface area (TPSA) is 92.7 Å². The largest absolute Gasteiger partial charge is 0.481 e. The maximum absolute atomic E-state index is 11.9. The van der Waals surface area contributed by atoms with E-state index in [1.54, 1.807) is 6.92 Å². The maximum atomic E-state index is 11.9. The number of esters is 1. The molecule has 1 amide bonds. The minimum absolute atomic E-state index is 0.116. The lowest BCUT2D eigenvalue weighted by Gasteiger charge is -2.17. The van der Waals surface area contributed by atoms with Crippen molar-refractivity contribution in [3.8, 4) is 0 Å². The van der Waals surface area contributed by atoms with Crippen molar-refractivity contribution in [1.82, 2.24) is 5.32 Å². The van der Waals surface area contributed by atoms with Gasteiger partial charge in [-0.3, -0.25) is 9.59 Å². The predicted molar refractivity (Wildman–Crippen MR) is 80.1 cm³/mol. The van der Waals surface area contributed by atoms with Crippen LogP contribution in [0.4, 0.5) is 0 Å². The Morgan fingerprint density at radius 2 is 1.91 bits per heavy atom. The van der Waals surface area contributed by atoms with Crippen molar-refractivity contribution < 1.29 is 24.2 Å². The lowest BCUT2D eigenvalue weighted by Crippen LogP contribution is -2.44. The third kappa shape index (κ3) is 5.78. The van der Waals surface area contributed by atoms with Crippen LogP contribution < -0.4 is 5.32 Å². The SMILES string of the molecule is C=C(CC(=O)O)C(=O)NC(Cc1ccccc1)C(=O)OCC. The zero-order chi connectivity index (χ0) is 16.5. The fraction of sp³-hybridized carbons (Fsp3) is 0.312. The highest BCUT2D eigenvalue weighted by molar-refractivity contribution is 5.98. The molecule has 2 N–H and O–H groups in total. The molecule has 0 fully saturated rings. The lowest BCUT2D eigenvalue weighted by atomic mass is 10.1. The molecule has 1 aromatic carbocycles. The van der Waals surface area contributed by atoms with Gasteiger partial charge >= 0.3 is 11.9 Å². The summed E-state index contributed by atoms with van der Waals surface area (Å²) < 4.78 is 4.94. The van der Waals surface area contributed by atoms with Gasteiger partial charge in [0.2, 0.25) is 5.91 Å². The minimum Gasteiger partial charge on any atom is -0.481 e. The quantitative estimate of drug-likeness (QED) is 0.558. The average molecular weight is 305 g/mol. The van der Waals surface area contributed by atoms with Crippen molar-refractivity contribution in [2.75, 3.05) is 6.61 Å². The zero-order valence-electron chi connectivity index (χ0n) is 12.4. The fourth-order valence-electron chi connectivity index (χ4n) is 1.81. The van der Waals surface area contributed by atoms with E-state index < -0.39 is 30.3 Å². The van der Waals surface area contributed by atoms with Crippen molar-refractivity contribution in [2.45, 2.75) is 25.8 Å².